The Morgan fingerprint density at radius 1 is 1.06 bits per heavy atom. The van der Waals surface area contributed by atoms with Gasteiger partial charge in [0.05, 0.1) is 10.5 Å². The molecule has 2 aliphatic rings. The summed E-state index contributed by atoms with van der Waals surface area (Å²) in [5.74, 6) is -0.360. The molecule has 186 valence electrons. The molecule has 11 heteroatoms. The minimum Gasteiger partial charge on any atom is -0.356 e. The van der Waals surface area contributed by atoms with Gasteiger partial charge in [-0.1, -0.05) is 6.07 Å². The van der Waals surface area contributed by atoms with Crippen LogP contribution in [-0.4, -0.2) is 87.8 Å². The minimum absolute atomic E-state index is 0.0780. The minimum atomic E-state index is -4.61. The molecule has 0 bridgehead atoms. The van der Waals surface area contributed by atoms with E-state index in [1.165, 1.54) is 10.4 Å². The van der Waals surface area contributed by atoms with Crippen molar-refractivity contribution in [1.82, 2.24) is 19.4 Å². The molecule has 33 heavy (non-hydrogen) atoms. The highest BCUT2D eigenvalue weighted by Gasteiger charge is 2.35. The molecule has 0 radical (unpaired) electrons. The highest BCUT2D eigenvalue weighted by atomic mass is 32.2. The third kappa shape index (κ3) is 7.14. The Kier molecular flexibility index (Phi) is 8.76. The number of nitrogens with one attached hydrogen (secondary N) is 1. The standard InChI is InChI=1S/C22H33F3N4O3S/c1-27-13-15-28(16-14-27)10-3-2-9-26-21(30)18-7-11-29(12-8-18)33(31,32)20-6-4-5-19(17-20)22(23,24)25/h4-6,17-18H,2-3,7-16H2,1H3,(H,26,30). The largest absolute Gasteiger partial charge is 0.416 e. The van der Waals surface area contributed by atoms with E-state index in [2.05, 4.69) is 22.2 Å². The summed E-state index contributed by atoms with van der Waals surface area (Å²) in [5.41, 5.74) is -0.995. The number of piperidine rings is 1. The highest BCUT2D eigenvalue weighted by molar-refractivity contribution is 7.89. The molecule has 1 aromatic carbocycles. The number of likely N-dealkylation sites (N-methyl/N-ethyl adjacent to an activating group) is 1. The van der Waals surface area contributed by atoms with Crippen LogP contribution in [0.1, 0.15) is 31.2 Å². The number of benzene rings is 1. The van der Waals surface area contributed by atoms with E-state index in [0.29, 0.717) is 25.5 Å². The van der Waals surface area contributed by atoms with Gasteiger partial charge >= 0.3 is 6.18 Å². The Hall–Kier alpha value is -1.69. The maximum atomic E-state index is 12.9. The fourth-order valence-electron chi connectivity index (χ4n) is 4.23. The first-order valence-corrected chi connectivity index (χ1v) is 12.9. The summed E-state index contributed by atoms with van der Waals surface area (Å²) in [7, 11) is -1.92. The van der Waals surface area contributed by atoms with E-state index >= 15 is 0 Å². The predicted octanol–water partition coefficient (Wildman–Crippen LogP) is 2.25. The van der Waals surface area contributed by atoms with Gasteiger partial charge in [0.15, 0.2) is 0 Å². The molecule has 1 N–H and O–H groups in total. The Balaban J connectivity index is 1.40. The average molecular weight is 491 g/mol. The first-order chi connectivity index (χ1) is 15.6. The molecule has 0 spiro atoms. The summed E-state index contributed by atoms with van der Waals surface area (Å²) >= 11 is 0. The maximum absolute atomic E-state index is 12.9. The van der Waals surface area contributed by atoms with Crippen LogP contribution in [0.3, 0.4) is 0 Å². The second kappa shape index (κ2) is 11.2. The van der Waals surface area contributed by atoms with Gasteiger partial charge in [0.25, 0.3) is 0 Å². The maximum Gasteiger partial charge on any atom is 0.416 e. The average Bonchev–Trinajstić information content (AvgIpc) is 2.79. The van der Waals surface area contributed by atoms with Gasteiger partial charge < -0.3 is 15.1 Å². The third-order valence-corrected chi connectivity index (χ3v) is 8.31. The third-order valence-electron chi connectivity index (χ3n) is 6.42. The lowest BCUT2D eigenvalue weighted by Gasteiger charge is -2.32. The first kappa shape index (κ1) is 25.9. The Morgan fingerprint density at radius 3 is 2.36 bits per heavy atom. The van der Waals surface area contributed by atoms with Crippen LogP contribution < -0.4 is 5.32 Å². The van der Waals surface area contributed by atoms with E-state index in [1.807, 2.05) is 0 Å². The molecule has 2 heterocycles. The highest BCUT2D eigenvalue weighted by Crippen LogP contribution is 2.32. The topological polar surface area (TPSA) is 73.0 Å². The predicted molar refractivity (Wildman–Crippen MR) is 119 cm³/mol. The number of alkyl halides is 3. The fourth-order valence-corrected chi connectivity index (χ4v) is 5.74. The molecule has 1 aromatic rings. The van der Waals surface area contributed by atoms with E-state index in [0.717, 1.165) is 57.7 Å². The van der Waals surface area contributed by atoms with Crippen molar-refractivity contribution in [2.45, 2.75) is 36.8 Å². The molecule has 0 aromatic heterocycles. The molecular weight excluding hydrogens is 457 g/mol. The summed E-state index contributed by atoms with van der Waals surface area (Å²) in [6, 6.07) is 3.78. The number of carbonyl (C=O) groups is 1. The fraction of sp³-hybridized carbons (Fsp3) is 0.682. The van der Waals surface area contributed by atoms with E-state index < -0.39 is 21.8 Å². The van der Waals surface area contributed by atoms with Crippen molar-refractivity contribution in [2.24, 2.45) is 5.92 Å². The van der Waals surface area contributed by atoms with Crippen LogP contribution in [0, 0.1) is 5.92 Å². The zero-order valence-corrected chi connectivity index (χ0v) is 19.8. The molecule has 2 fully saturated rings. The van der Waals surface area contributed by atoms with Gasteiger partial charge in [0.1, 0.15) is 0 Å². The van der Waals surface area contributed by atoms with Gasteiger partial charge in [-0.2, -0.15) is 17.5 Å². The van der Waals surface area contributed by atoms with Crippen molar-refractivity contribution in [2.75, 3.05) is 59.4 Å². The zero-order valence-electron chi connectivity index (χ0n) is 19.0. The van der Waals surface area contributed by atoms with E-state index in [9.17, 15) is 26.4 Å². The van der Waals surface area contributed by atoms with Crippen LogP contribution in [0.25, 0.3) is 0 Å². The number of unbranched alkanes of at least 4 members (excludes halogenated alkanes) is 1. The number of halogens is 3. The van der Waals surface area contributed by atoms with Crippen molar-refractivity contribution >= 4 is 15.9 Å². The number of sulfonamides is 1. The number of hydrogen-bond donors (Lipinski definition) is 1. The molecule has 2 saturated heterocycles. The summed E-state index contributed by atoms with van der Waals surface area (Å²) in [6.45, 7) is 6.15. The molecule has 2 aliphatic heterocycles. The van der Waals surface area contributed by atoms with Crippen LogP contribution >= 0.6 is 0 Å². The van der Waals surface area contributed by atoms with E-state index in [4.69, 9.17) is 0 Å². The van der Waals surface area contributed by atoms with Gasteiger partial charge in [0.2, 0.25) is 15.9 Å². The molecule has 0 atom stereocenters. The van der Waals surface area contributed by atoms with E-state index in [-0.39, 0.29) is 29.8 Å². The van der Waals surface area contributed by atoms with Crippen molar-refractivity contribution in [3.8, 4) is 0 Å². The smallest absolute Gasteiger partial charge is 0.356 e. The molecular formula is C22H33F3N4O3S. The second-order valence-electron chi connectivity index (χ2n) is 8.85. The van der Waals surface area contributed by atoms with Gasteiger partial charge in [0, 0.05) is 51.7 Å². The van der Waals surface area contributed by atoms with Crippen LogP contribution in [-0.2, 0) is 21.0 Å². The van der Waals surface area contributed by atoms with Gasteiger partial charge in [-0.25, -0.2) is 8.42 Å². The number of hydrogen-bond acceptors (Lipinski definition) is 5. The Bertz CT molecular complexity index is 894. The van der Waals surface area contributed by atoms with Crippen LogP contribution in [0.2, 0.25) is 0 Å². The Morgan fingerprint density at radius 2 is 1.73 bits per heavy atom. The summed E-state index contributed by atoms with van der Waals surface area (Å²) in [5, 5.41) is 2.95. The normalized spacial score (nSPS) is 20.1. The van der Waals surface area contributed by atoms with Gasteiger partial charge in [-0.05, 0) is 57.5 Å². The van der Waals surface area contributed by atoms with Crippen LogP contribution in [0.15, 0.2) is 29.2 Å². The lowest BCUT2D eigenvalue weighted by molar-refractivity contribution is -0.137. The van der Waals surface area contributed by atoms with Crippen LogP contribution in [0.4, 0.5) is 13.2 Å². The monoisotopic (exact) mass is 490 g/mol. The number of rotatable bonds is 8. The second-order valence-corrected chi connectivity index (χ2v) is 10.8. The summed E-state index contributed by atoms with van der Waals surface area (Å²) in [6.07, 6.45) is -2.00. The molecule has 0 aliphatic carbocycles. The molecule has 7 nitrogen and oxygen atoms in total. The van der Waals surface area contributed by atoms with Crippen molar-refractivity contribution in [3.63, 3.8) is 0 Å². The Labute approximate surface area is 194 Å². The molecule has 1 amide bonds. The van der Waals surface area contributed by atoms with Crippen molar-refractivity contribution in [1.29, 1.82) is 0 Å². The quantitative estimate of drug-likeness (QED) is 0.566. The molecule has 0 saturated carbocycles. The number of carbonyl (C=O) groups excluding carboxylic acids is 1. The molecule has 3 rings (SSSR count). The number of amides is 1. The summed E-state index contributed by atoms with van der Waals surface area (Å²) in [4.78, 5) is 16.8. The van der Waals surface area contributed by atoms with Crippen molar-refractivity contribution < 1.29 is 26.4 Å². The van der Waals surface area contributed by atoms with Gasteiger partial charge in [-0.3, -0.25) is 4.79 Å². The molecule has 0 unspecified atom stereocenters. The lowest BCUT2D eigenvalue weighted by Crippen LogP contribution is -2.45. The first-order valence-electron chi connectivity index (χ1n) is 11.4. The van der Waals surface area contributed by atoms with Gasteiger partial charge in [-0.15, -0.1) is 0 Å². The summed E-state index contributed by atoms with van der Waals surface area (Å²) < 4.78 is 65.6. The number of piperazine rings is 1. The van der Waals surface area contributed by atoms with Crippen LogP contribution in [0.5, 0.6) is 0 Å². The van der Waals surface area contributed by atoms with Crippen molar-refractivity contribution in [3.05, 3.63) is 29.8 Å². The van der Waals surface area contributed by atoms with E-state index in [1.54, 1.807) is 0 Å². The lowest BCUT2D eigenvalue weighted by atomic mass is 9.97. The SMILES string of the molecule is CN1CCN(CCCCNC(=O)C2CCN(S(=O)(=O)c3cccc(C(F)(F)F)c3)CC2)CC1. The zero-order chi connectivity index (χ0) is 24.1. The number of nitrogens with zero attached hydrogens (tertiary/aromatic N) is 3.